The van der Waals surface area contributed by atoms with Crippen LogP contribution in [0.3, 0.4) is 0 Å². The van der Waals surface area contributed by atoms with Gasteiger partial charge in [0.2, 0.25) is 0 Å². The first-order valence-electron chi connectivity index (χ1n) is 7.16. The number of aliphatic hydroxyl groups excluding tert-OH is 1. The molecule has 0 saturated heterocycles. The van der Waals surface area contributed by atoms with Crippen LogP contribution in [0.5, 0.6) is 0 Å². The van der Waals surface area contributed by atoms with Crippen LogP contribution in [0.15, 0.2) is 30.5 Å². The van der Waals surface area contributed by atoms with Crippen LogP contribution >= 0.6 is 0 Å². The number of rotatable bonds is 8. The van der Waals surface area contributed by atoms with E-state index in [0.29, 0.717) is 19.5 Å². The van der Waals surface area contributed by atoms with Crippen molar-refractivity contribution >= 4 is 5.69 Å². The Morgan fingerprint density at radius 1 is 1.19 bits per heavy atom. The molecular weight excluding hydrogens is 266 g/mol. The van der Waals surface area contributed by atoms with Gasteiger partial charge in [-0.1, -0.05) is 17.3 Å². The Kier molecular flexibility index (Phi) is 5.71. The van der Waals surface area contributed by atoms with E-state index < -0.39 is 0 Å². The van der Waals surface area contributed by atoms with Crippen LogP contribution in [0.2, 0.25) is 0 Å². The van der Waals surface area contributed by atoms with Crippen LogP contribution in [-0.4, -0.2) is 40.8 Å². The SMILES string of the molecule is CN(C)c1ccc(CNCc2cn(CCCO)nn2)cc1. The van der Waals surface area contributed by atoms with Gasteiger partial charge < -0.3 is 15.3 Å². The summed E-state index contributed by atoms with van der Waals surface area (Å²) in [5.74, 6) is 0. The summed E-state index contributed by atoms with van der Waals surface area (Å²) in [7, 11) is 4.07. The molecule has 2 N–H and O–H groups in total. The summed E-state index contributed by atoms with van der Waals surface area (Å²) in [6.45, 7) is 2.37. The molecular formula is C15H23N5O. The van der Waals surface area contributed by atoms with Crippen LogP contribution < -0.4 is 10.2 Å². The molecule has 2 aromatic rings. The fourth-order valence-corrected chi connectivity index (χ4v) is 2.01. The Labute approximate surface area is 125 Å². The Hall–Kier alpha value is -1.92. The van der Waals surface area contributed by atoms with E-state index in [1.807, 2.05) is 20.3 Å². The molecule has 0 amide bonds. The molecule has 6 nitrogen and oxygen atoms in total. The van der Waals surface area contributed by atoms with Gasteiger partial charge in [-0.15, -0.1) is 5.10 Å². The molecule has 6 heteroatoms. The van der Waals surface area contributed by atoms with Crippen LogP contribution in [0.4, 0.5) is 5.69 Å². The van der Waals surface area contributed by atoms with Crippen molar-refractivity contribution in [3.8, 4) is 0 Å². The van der Waals surface area contributed by atoms with Gasteiger partial charge in [0.1, 0.15) is 0 Å². The quantitative estimate of drug-likeness (QED) is 0.759. The third-order valence-electron chi connectivity index (χ3n) is 3.22. The maximum atomic E-state index is 8.78. The summed E-state index contributed by atoms with van der Waals surface area (Å²) in [4.78, 5) is 2.09. The maximum Gasteiger partial charge on any atom is 0.0964 e. The second kappa shape index (κ2) is 7.75. The normalized spacial score (nSPS) is 10.8. The number of hydrogen-bond donors (Lipinski definition) is 2. The highest BCUT2D eigenvalue weighted by molar-refractivity contribution is 5.45. The molecule has 1 aromatic carbocycles. The predicted molar refractivity (Wildman–Crippen MR) is 83.0 cm³/mol. The summed E-state index contributed by atoms with van der Waals surface area (Å²) in [6, 6.07) is 8.48. The lowest BCUT2D eigenvalue weighted by Crippen LogP contribution is -2.13. The van der Waals surface area contributed by atoms with Crippen molar-refractivity contribution in [2.45, 2.75) is 26.1 Å². The smallest absolute Gasteiger partial charge is 0.0964 e. The number of aliphatic hydroxyl groups is 1. The maximum absolute atomic E-state index is 8.78. The van der Waals surface area contributed by atoms with Gasteiger partial charge in [-0.3, -0.25) is 4.68 Å². The van der Waals surface area contributed by atoms with Crippen molar-refractivity contribution in [2.75, 3.05) is 25.6 Å². The number of aryl methyl sites for hydroxylation is 1. The van der Waals surface area contributed by atoms with Crippen molar-refractivity contribution in [1.29, 1.82) is 0 Å². The Morgan fingerprint density at radius 3 is 2.62 bits per heavy atom. The van der Waals surface area contributed by atoms with Crippen molar-refractivity contribution in [3.63, 3.8) is 0 Å². The Bertz CT molecular complexity index is 535. The molecule has 0 atom stereocenters. The van der Waals surface area contributed by atoms with Gasteiger partial charge >= 0.3 is 0 Å². The summed E-state index contributed by atoms with van der Waals surface area (Å²) in [5, 5.41) is 20.3. The van der Waals surface area contributed by atoms with E-state index in [0.717, 1.165) is 12.2 Å². The van der Waals surface area contributed by atoms with Gasteiger partial charge in [0.15, 0.2) is 0 Å². The van der Waals surface area contributed by atoms with Crippen LogP contribution in [0.1, 0.15) is 17.7 Å². The van der Waals surface area contributed by atoms with Crippen molar-refractivity contribution in [2.24, 2.45) is 0 Å². The number of nitrogens with one attached hydrogen (secondary N) is 1. The first kappa shape index (κ1) is 15.5. The van der Waals surface area contributed by atoms with E-state index in [4.69, 9.17) is 5.11 Å². The van der Waals surface area contributed by atoms with Crippen LogP contribution in [0, 0.1) is 0 Å². The molecule has 0 spiro atoms. The minimum atomic E-state index is 0.177. The molecule has 2 rings (SSSR count). The van der Waals surface area contributed by atoms with Gasteiger partial charge in [-0.25, -0.2) is 0 Å². The molecule has 21 heavy (non-hydrogen) atoms. The Morgan fingerprint density at radius 2 is 1.95 bits per heavy atom. The molecule has 0 unspecified atom stereocenters. The van der Waals surface area contributed by atoms with E-state index in [1.165, 1.54) is 11.3 Å². The molecule has 0 bridgehead atoms. The lowest BCUT2D eigenvalue weighted by atomic mass is 10.2. The van der Waals surface area contributed by atoms with E-state index in [-0.39, 0.29) is 6.61 Å². The monoisotopic (exact) mass is 289 g/mol. The van der Waals surface area contributed by atoms with Crippen molar-refractivity contribution in [1.82, 2.24) is 20.3 Å². The first-order valence-corrected chi connectivity index (χ1v) is 7.16. The lowest BCUT2D eigenvalue weighted by molar-refractivity contribution is 0.276. The predicted octanol–water partition coefficient (Wildman–Crippen LogP) is 1.02. The molecule has 0 aliphatic carbocycles. The standard InChI is InChI=1S/C15H23N5O/c1-19(2)15-6-4-13(5-7-15)10-16-11-14-12-20(18-17-14)8-3-9-21/h4-7,12,16,21H,3,8-11H2,1-2H3. The zero-order valence-electron chi connectivity index (χ0n) is 12.7. The third kappa shape index (κ3) is 4.84. The average Bonchev–Trinajstić information content (AvgIpc) is 2.93. The van der Waals surface area contributed by atoms with E-state index in [9.17, 15) is 0 Å². The van der Waals surface area contributed by atoms with E-state index >= 15 is 0 Å². The zero-order valence-corrected chi connectivity index (χ0v) is 12.7. The third-order valence-corrected chi connectivity index (χ3v) is 3.22. The number of anilines is 1. The largest absolute Gasteiger partial charge is 0.396 e. The lowest BCUT2D eigenvalue weighted by Gasteiger charge is -2.12. The minimum Gasteiger partial charge on any atom is -0.396 e. The van der Waals surface area contributed by atoms with Gasteiger partial charge in [0.05, 0.1) is 5.69 Å². The second-order valence-electron chi connectivity index (χ2n) is 5.21. The van der Waals surface area contributed by atoms with Crippen molar-refractivity contribution in [3.05, 3.63) is 41.7 Å². The number of hydrogen-bond acceptors (Lipinski definition) is 5. The first-order chi connectivity index (χ1) is 10.2. The number of aromatic nitrogens is 3. The summed E-state index contributed by atoms with van der Waals surface area (Å²) >= 11 is 0. The van der Waals surface area contributed by atoms with Crippen LogP contribution in [-0.2, 0) is 19.6 Å². The zero-order chi connectivity index (χ0) is 15.1. The number of benzene rings is 1. The minimum absolute atomic E-state index is 0.177. The topological polar surface area (TPSA) is 66.2 Å². The Balaban J connectivity index is 1.77. The summed E-state index contributed by atoms with van der Waals surface area (Å²) < 4.78 is 1.76. The molecule has 0 saturated carbocycles. The fraction of sp³-hybridized carbons (Fsp3) is 0.467. The molecule has 114 valence electrons. The average molecular weight is 289 g/mol. The van der Waals surface area contributed by atoms with Gasteiger partial charge in [-0.2, -0.15) is 0 Å². The summed E-state index contributed by atoms with van der Waals surface area (Å²) in [5.41, 5.74) is 3.36. The molecule has 1 heterocycles. The van der Waals surface area contributed by atoms with Gasteiger partial charge in [-0.05, 0) is 24.1 Å². The molecule has 1 aromatic heterocycles. The molecule has 0 fully saturated rings. The highest BCUT2D eigenvalue weighted by atomic mass is 16.3. The van der Waals surface area contributed by atoms with Crippen LogP contribution in [0.25, 0.3) is 0 Å². The highest BCUT2D eigenvalue weighted by Crippen LogP contribution is 2.12. The molecule has 0 radical (unpaired) electrons. The van der Waals surface area contributed by atoms with E-state index in [1.54, 1.807) is 4.68 Å². The molecule has 0 aliphatic rings. The fourth-order valence-electron chi connectivity index (χ4n) is 2.01. The van der Waals surface area contributed by atoms with Gasteiger partial charge in [0, 0.05) is 52.2 Å². The molecule has 0 aliphatic heterocycles. The summed E-state index contributed by atoms with van der Waals surface area (Å²) in [6.07, 6.45) is 2.62. The highest BCUT2D eigenvalue weighted by Gasteiger charge is 2.01. The van der Waals surface area contributed by atoms with Gasteiger partial charge in [0.25, 0.3) is 0 Å². The van der Waals surface area contributed by atoms with Crippen molar-refractivity contribution < 1.29 is 5.11 Å². The van der Waals surface area contributed by atoms with E-state index in [2.05, 4.69) is 44.8 Å². The number of nitrogens with zero attached hydrogens (tertiary/aromatic N) is 4. The second-order valence-corrected chi connectivity index (χ2v) is 5.21.